The Morgan fingerprint density at radius 2 is 2.00 bits per heavy atom. The molecule has 1 aromatic rings. The Morgan fingerprint density at radius 1 is 1.26 bits per heavy atom. The molecule has 0 saturated carbocycles. The van der Waals surface area contributed by atoms with Gasteiger partial charge in [0.1, 0.15) is 18.6 Å². The Labute approximate surface area is 115 Å². The highest BCUT2D eigenvalue weighted by Crippen LogP contribution is 2.15. The van der Waals surface area contributed by atoms with Crippen LogP contribution in [0.25, 0.3) is 0 Å². The minimum absolute atomic E-state index is 0.0547. The molecule has 1 N–H and O–H groups in total. The van der Waals surface area contributed by atoms with Crippen LogP contribution in [0.5, 0.6) is 5.75 Å². The maximum atomic E-state index is 11.0. The summed E-state index contributed by atoms with van der Waals surface area (Å²) in [5.41, 5.74) is 0. The number of carbonyl (C=O) groups is 1. The van der Waals surface area contributed by atoms with E-state index in [-0.39, 0.29) is 12.5 Å². The fourth-order valence-electron chi connectivity index (χ4n) is 2.02. The molecule has 0 fully saturated rings. The highest BCUT2D eigenvalue weighted by atomic mass is 16.5. The monoisotopic (exact) mass is 264 g/mol. The van der Waals surface area contributed by atoms with Gasteiger partial charge in [-0.15, -0.1) is 0 Å². The molecular weight excluding hydrogens is 240 g/mol. The van der Waals surface area contributed by atoms with E-state index < -0.39 is 6.10 Å². The van der Waals surface area contributed by atoms with Crippen molar-refractivity contribution >= 4 is 6.29 Å². The molecule has 1 aromatic carbocycles. The Bertz CT molecular complexity index is 337. The van der Waals surface area contributed by atoms with Crippen LogP contribution in [0.15, 0.2) is 30.3 Å². The van der Waals surface area contributed by atoms with Crippen LogP contribution in [-0.4, -0.2) is 24.1 Å². The lowest BCUT2D eigenvalue weighted by atomic mass is 9.96. The van der Waals surface area contributed by atoms with E-state index in [9.17, 15) is 9.90 Å². The van der Waals surface area contributed by atoms with Gasteiger partial charge in [0.15, 0.2) is 0 Å². The number of hydrogen-bond donors (Lipinski definition) is 1. The molecule has 0 radical (unpaired) electrons. The van der Waals surface area contributed by atoms with Crippen LogP contribution in [-0.2, 0) is 4.79 Å². The summed E-state index contributed by atoms with van der Waals surface area (Å²) >= 11 is 0. The molecule has 0 spiro atoms. The van der Waals surface area contributed by atoms with Crippen molar-refractivity contribution < 1.29 is 14.6 Å². The molecule has 19 heavy (non-hydrogen) atoms. The zero-order valence-electron chi connectivity index (χ0n) is 11.6. The molecule has 0 aliphatic heterocycles. The SMILES string of the molecule is CCCCCC(C=O)CC(O)COc1ccccc1. The van der Waals surface area contributed by atoms with E-state index in [2.05, 4.69) is 6.92 Å². The maximum absolute atomic E-state index is 11.0. The van der Waals surface area contributed by atoms with E-state index in [0.717, 1.165) is 37.7 Å². The summed E-state index contributed by atoms with van der Waals surface area (Å²) in [6.07, 6.45) is 5.05. The van der Waals surface area contributed by atoms with E-state index in [1.807, 2.05) is 30.3 Å². The van der Waals surface area contributed by atoms with Gasteiger partial charge in [0, 0.05) is 5.92 Å². The van der Waals surface area contributed by atoms with Crippen molar-refractivity contribution in [2.24, 2.45) is 5.92 Å². The van der Waals surface area contributed by atoms with Gasteiger partial charge >= 0.3 is 0 Å². The number of rotatable bonds is 10. The standard InChI is InChI=1S/C16H24O3/c1-2-3-5-8-14(12-17)11-15(18)13-19-16-9-6-4-7-10-16/h4,6-7,9-10,12,14-15,18H,2-3,5,8,11,13H2,1H3. The molecule has 2 atom stereocenters. The number of para-hydroxylation sites is 1. The normalized spacial score (nSPS) is 13.8. The van der Waals surface area contributed by atoms with Crippen LogP contribution in [0.3, 0.4) is 0 Å². The summed E-state index contributed by atoms with van der Waals surface area (Å²) in [4.78, 5) is 11.0. The third-order valence-corrected chi connectivity index (χ3v) is 3.13. The molecule has 2 unspecified atom stereocenters. The third-order valence-electron chi connectivity index (χ3n) is 3.13. The first-order valence-corrected chi connectivity index (χ1v) is 7.07. The Kier molecular flexibility index (Phi) is 7.91. The summed E-state index contributed by atoms with van der Waals surface area (Å²) in [6.45, 7) is 2.38. The second-order valence-corrected chi connectivity index (χ2v) is 4.91. The number of ether oxygens (including phenoxy) is 1. The minimum atomic E-state index is -0.586. The van der Waals surface area contributed by atoms with Crippen molar-refractivity contribution in [3.05, 3.63) is 30.3 Å². The highest BCUT2D eigenvalue weighted by Gasteiger charge is 2.14. The smallest absolute Gasteiger partial charge is 0.123 e. The van der Waals surface area contributed by atoms with Crippen molar-refractivity contribution in [2.75, 3.05) is 6.61 Å². The van der Waals surface area contributed by atoms with Crippen LogP contribution in [0.2, 0.25) is 0 Å². The topological polar surface area (TPSA) is 46.5 Å². The van der Waals surface area contributed by atoms with Crippen LogP contribution in [0, 0.1) is 5.92 Å². The van der Waals surface area contributed by atoms with Gasteiger partial charge in [-0.1, -0.05) is 44.4 Å². The first-order chi connectivity index (χ1) is 9.26. The number of aldehydes is 1. The Morgan fingerprint density at radius 3 is 2.63 bits per heavy atom. The van der Waals surface area contributed by atoms with Crippen molar-refractivity contribution in [1.82, 2.24) is 0 Å². The van der Waals surface area contributed by atoms with Crippen molar-refractivity contribution in [1.29, 1.82) is 0 Å². The number of carbonyl (C=O) groups excluding carboxylic acids is 1. The van der Waals surface area contributed by atoms with E-state index in [0.29, 0.717) is 6.42 Å². The van der Waals surface area contributed by atoms with Gasteiger partial charge in [-0.2, -0.15) is 0 Å². The molecule has 0 bridgehead atoms. The largest absolute Gasteiger partial charge is 0.491 e. The van der Waals surface area contributed by atoms with E-state index >= 15 is 0 Å². The molecule has 106 valence electrons. The van der Waals surface area contributed by atoms with Crippen LogP contribution < -0.4 is 4.74 Å². The van der Waals surface area contributed by atoms with Crippen molar-refractivity contribution in [2.45, 2.75) is 45.1 Å². The van der Waals surface area contributed by atoms with Gasteiger partial charge in [-0.3, -0.25) is 0 Å². The van der Waals surface area contributed by atoms with Crippen molar-refractivity contribution in [3.8, 4) is 5.75 Å². The minimum Gasteiger partial charge on any atom is -0.491 e. The average molecular weight is 264 g/mol. The highest BCUT2D eigenvalue weighted by molar-refractivity contribution is 5.53. The summed E-state index contributed by atoms with van der Waals surface area (Å²) in [7, 11) is 0. The van der Waals surface area contributed by atoms with Crippen LogP contribution in [0.4, 0.5) is 0 Å². The molecule has 0 heterocycles. The van der Waals surface area contributed by atoms with Gasteiger partial charge in [-0.25, -0.2) is 0 Å². The van der Waals surface area contributed by atoms with Gasteiger partial charge in [0.2, 0.25) is 0 Å². The average Bonchev–Trinajstić information content (AvgIpc) is 2.45. The van der Waals surface area contributed by atoms with Crippen LogP contribution in [0.1, 0.15) is 39.0 Å². The van der Waals surface area contributed by atoms with Crippen molar-refractivity contribution in [3.63, 3.8) is 0 Å². The van der Waals surface area contributed by atoms with E-state index in [4.69, 9.17) is 4.74 Å². The molecular formula is C16H24O3. The lowest BCUT2D eigenvalue weighted by Gasteiger charge is -2.16. The molecule has 0 aromatic heterocycles. The van der Waals surface area contributed by atoms with Gasteiger partial charge in [0.05, 0.1) is 6.10 Å². The molecule has 0 aliphatic carbocycles. The van der Waals surface area contributed by atoms with Gasteiger partial charge < -0.3 is 14.6 Å². The quantitative estimate of drug-likeness (QED) is 0.521. The predicted octanol–water partition coefficient (Wildman–Crippen LogP) is 3.21. The number of unbranched alkanes of at least 4 members (excludes halogenated alkanes) is 2. The number of hydrogen-bond acceptors (Lipinski definition) is 3. The fourth-order valence-corrected chi connectivity index (χ4v) is 2.02. The zero-order valence-corrected chi connectivity index (χ0v) is 11.6. The fraction of sp³-hybridized carbons (Fsp3) is 0.562. The zero-order chi connectivity index (χ0) is 13.9. The molecule has 0 aliphatic rings. The second kappa shape index (κ2) is 9.56. The summed E-state index contributed by atoms with van der Waals surface area (Å²) in [5.74, 6) is 0.691. The third kappa shape index (κ3) is 6.97. The second-order valence-electron chi connectivity index (χ2n) is 4.91. The number of benzene rings is 1. The lowest BCUT2D eigenvalue weighted by molar-refractivity contribution is -0.112. The molecule has 0 saturated heterocycles. The van der Waals surface area contributed by atoms with E-state index in [1.165, 1.54) is 0 Å². The first-order valence-electron chi connectivity index (χ1n) is 7.07. The first kappa shape index (κ1) is 15.7. The molecule has 3 heteroatoms. The summed E-state index contributed by atoms with van der Waals surface area (Å²) in [6, 6.07) is 9.40. The Hall–Kier alpha value is -1.35. The Balaban J connectivity index is 2.24. The van der Waals surface area contributed by atoms with Gasteiger partial charge in [-0.05, 0) is 25.0 Å². The van der Waals surface area contributed by atoms with Crippen LogP contribution >= 0.6 is 0 Å². The molecule has 0 amide bonds. The number of aliphatic hydroxyl groups is 1. The maximum Gasteiger partial charge on any atom is 0.123 e. The van der Waals surface area contributed by atoms with E-state index in [1.54, 1.807) is 0 Å². The number of aliphatic hydroxyl groups excluding tert-OH is 1. The molecule has 3 nitrogen and oxygen atoms in total. The lowest BCUT2D eigenvalue weighted by Crippen LogP contribution is -2.22. The van der Waals surface area contributed by atoms with Gasteiger partial charge in [0.25, 0.3) is 0 Å². The molecule has 1 rings (SSSR count). The summed E-state index contributed by atoms with van der Waals surface area (Å²) in [5, 5.41) is 9.88. The predicted molar refractivity (Wildman–Crippen MR) is 76.3 cm³/mol. The summed E-state index contributed by atoms with van der Waals surface area (Å²) < 4.78 is 5.47.